The molecule has 3 heterocycles. The summed E-state index contributed by atoms with van der Waals surface area (Å²) < 4.78 is 1.73. The molecule has 0 aliphatic rings. The Bertz CT molecular complexity index is 1070. The number of hydrogen-bond acceptors (Lipinski definition) is 5. The van der Waals surface area contributed by atoms with Crippen molar-refractivity contribution in [1.82, 2.24) is 25.1 Å². The Kier molecular flexibility index (Phi) is 5.11. The Labute approximate surface area is 166 Å². The first-order valence-corrected chi connectivity index (χ1v) is 9.55. The minimum absolute atomic E-state index is 0.301. The van der Waals surface area contributed by atoms with E-state index in [2.05, 4.69) is 25.7 Å². The zero-order valence-corrected chi connectivity index (χ0v) is 16.0. The Morgan fingerprint density at radius 1 is 1.07 bits per heavy atom. The molecule has 0 aliphatic carbocycles. The number of urea groups is 1. The van der Waals surface area contributed by atoms with Gasteiger partial charge >= 0.3 is 6.03 Å². The molecule has 7 nitrogen and oxygen atoms in total. The molecule has 0 spiro atoms. The second-order valence-corrected chi connectivity index (χ2v) is 7.02. The highest BCUT2D eigenvalue weighted by molar-refractivity contribution is 7.14. The first kappa shape index (κ1) is 17.9. The number of nitrogens with one attached hydrogen (secondary N) is 2. The molecule has 0 unspecified atom stereocenters. The zero-order valence-electron chi connectivity index (χ0n) is 15.2. The van der Waals surface area contributed by atoms with Crippen LogP contribution < -0.4 is 10.6 Å². The monoisotopic (exact) mass is 390 g/mol. The number of hydrogen-bond donors (Lipinski definition) is 2. The molecule has 2 N–H and O–H groups in total. The molecule has 3 aromatic heterocycles. The molecular formula is C20H18N6OS. The number of benzene rings is 1. The van der Waals surface area contributed by atoms with Crippen LogP contribution in [0.25, 0.3) is 22.5 Å². The molecular weight excluding hydrogens is 372 g/mol. The molecule has 8 heteroatoms. The average Bonchev–Trinajstić information content (AvgIpc) is 3.37. The van der Waals surface area contributed by atoms with E-state index in [0.29, 0.717) is 11.7 Å². The number of amides is 2. The summed E-state index contributed by atoms with van der Waals surface area (Å²) in [7, 11) is 1.87. The van der Waals surface area contributed by atoms with Crippen molar-refractivity contribution in [2.45, 2.75) is 6.54 Å². The molecule has 0 radical (unpaired) electrons. The number of pyridine rings is 1. The van der Waals surface area contributed by atoms with Crippen LogP contribution in [0.15, 0.2) is 66.4 Å². The van der Waals surface area contributed by atoms with Crippen molar-refractivity contribution in [2.24, 2.45) is 7.05 Å². The smallest absolute Gasteiger partial charge is 0.321 e. The predicted octanol–water partition coefficient (Wildman–Crippen LogP) is 3.93. The van der Waals surface area contributed by atoms with Crippen molar-refractivity contribution in [3.63, 3.8) is 0 Å². The van der Waals surface area contributed by atoms with Gasteiger partial charge in [-0.3, -0.25) is 15.0 Å². The van der Waals surface area contributed by atoms with Gasteiger partial charge in [0.15, 0.2) is 5.13 Å². The lowest BCUT2D eigenvalue weighted by molar-refractivity contribution is 0.251. The van der Waals surface area contributed by atoms with Gasteiger partial charge in [-0.1, -0.05) is 36.4 Å². The molecule has 4 rings (SSSR count). The summed E-state index contributed by atoms with van der Waals surface area (Å²) in [4.78, 5) is 21.0. The number of anilines is 1. The van der Waals surface area contributed by atoms with Gasteiger partial charge in [0.1, 0.15) is 0 Å². The fourth-order valence-corrected chi connectivity index (χ4v) is 3.36. The molecule has 140 valence electrons. The molecule has 0 saturated carbocycles. The minimum Gasteiger partial charge on any atom is -0.334 e. The number of carbonyl (C=O) groups is 1. The van der Waals surface area contributed by atoms with Gasteiger partial charge in [-0.2, -0.15) is 5.10 Å². The lowest BCUT2D eigenvalue weighted by Crippen LogP contribution is -2.28. The topological polar surface area (TPSA) is 84.7 Å². The maximum Gasteiger partial charge on any atom is 0.321 e. The van der Waals surface area contributed by atoms with Crippen molar-refractivity contribution in [1.29, 1.82) is 0 Å². The largest absolute Gasteiger partial charge is 0.334 e. The Balaban J connectivity index is 1.32. The van der Waals surface area contributed by atoms with Crippen molar-refractivity contribution >= 4 is 22.5 Å². The third-order valence-corrected chi connectivity index (χ3v) is 4.83. The average molecular weight is 390 g/mol. The van der Waals surface area contributed by atoms with Gasteiger partial charge in [0.2, 0.25) is 0 Å². The van der Waals surface area contributed by atoms with Gasteiger partial charge in [0.25, 0.3) is 0 Å². The zero-order chi connectivity index (χ0) is 19.3. The second kappa shape index (κ2) is 8.01. The van der Waals surface area contributed by atoms with Crippen molar-refractivity contribution < 1.29 is 4.79 Å². The predicted molar refractivity (Wildman–Crippen MR) is 110 cm³/mol. The third-order valence-electron chi connectivity index (χ3n) is 4.07. The van der Waals surface area contributed by atoms with E-state index in [9.17, 15) is 4.79 Å². The van der Waals surface area contributed by atoms with Gasteiger partial charge in [-0.15, -0.1) is 11.3 Å². The second-order valence-electron chi connectivity index (χ2n) is 6.17. The number of carbonyl (C=O) groups excluding carboxylic acids is 1. The van der Waals surface area contributed by atoms with Gasteiger partial charge in [0, 0.05) is 42.5 Å². The highest BCUT2D eigenvalue weighted by Gasteiger charge is 2.08. The van der Waals surface area contributed by atoms with Gasteiger partial charge in [-0.25, -0.2) is 9.78 Å². The van der Waals surface area contributed by atoms with Gasteiger partial charge in [0.05, 0.1) is 17.6 Å². The normalized spacial score (nSPS) is 10.6. The number of thiazole rings is 1. The first-order valence-electron chi connectivity index (χ1n) is 8.67. The molecule has 0 bridgehead atoms. The van der Waals surface area contributed by atoms with E-state index in [1.54, 1.807) is 17.1 Å². The van der Waals surface area contributed by atoms with E-state index < -0.39 is 0 Å². The molecule has 0 aliphatic heterocycles. The van der Waals surface area contributed by atoms with Crippen molar-refractivity contribution in [3.8, 4) is 22.5 Å². The fraction of sp³-hybridized carbons (Fsp3) is 0.100. The molecule has 2 amide bonds. The van der Waals surface area contributed by atoms with Gasteiger partial charge < -0.3 is 5.32 Å². The molecule has 0 saturated heterocycles. The number of nitrogens with zero attached hydrogens (tertiary/aromatic N) is 4. The van der Waals surface area contributed by atoms with Crippen LogP contribution in [0.3, 0.4) is 0 Å². The van der Waals surface area contributed by atoms with Gasteiger partial charge in [-0.05, 0) is 11.6 Å². The van der Waals surface area contributed by atoms with Crippen molar-refractivity contribution in [3.05, 3.63) is 72.0 Å². The fourth-order valence-electron chi connectivity index (χ4n) is 2.65. The van der Waals surface area contributed by atoms with E-state index in [-0.39, 0.29) is 6.03 Å². The lowest BCUT2D eigenvalue weighted by Gasteiger charge is -2.06. The van der Waals surface area contributed by atoms with Crippen LogP contribution in [0.4, 0.5) is 9.93 Å². The van der Waals surface area contributed by atoms with E-state index >= 15 is 0 Å². The molecule has 1 aromatic carbocycles. The molecule has 0 atom stereocenters. The number of aryl methyl sites for hydroxylation is 1. The van der Waals surface area contributed by atoms with E-state index in [4.69, 9.17) is 0 Å². The van der Waals surface area contributed by atoms with Crippen LogP contribution in [0, 0.1) is 0 Å². The summed E-state index contributed by atoms with van der Waals surface area (Å²) in [5.41, 5.74) is 4.57. The number of rotatable bonds is 5. The Hall–Kier alpha value is -3.52. The van der Waals surface area contributed by atoms with Crippen LogP contribution in [-0.2, 0) is 13.6 Å². The summed E-state index contributed by atoms with van der Waals surface area (Å²) in [6, 6.07) is 13.4. The van der Waals surface area contributed by atoms with Crippen LogP contribution in [-0.4, -0.2) is 25.8 Å². The van der Waals surface area contributed by atoms with E-state index in [0.717, 1.165) is 28.1 Å². The van der Waals surface area contributed by atoms with Crippen LogP contribution in [0.2, 0.25) is 0 Å². The van der Waals surface area contributed by atoms with Crippen molar-refractivity contribution in [2.75, 3.05) is 5.32 Å². The Morgan fingerprint density at radius 2 is 1.93 bits per heavy atom. The SMILES string of the molecule is Cn1cc(-c2ccc(CNC(=O)Nc3nc(-c4ccccc4)cs3)cn2)cn1. The third kappa shape index (κ3) is 4.24. The standard InChI is InChI=1S/C20H18N6OS/c1-26-12-16(11-23-26)17-8-7-14(9-21-17)10-22-19(27)25-20-24-18(13-28-20)15-5-3-2-4-6-15/h2-9,11-13H,10H2,1H3,(H2,22,24,25,27). The maximum absolute atomic E-state index is 12.1. The summed E-state index contributed by atoms with van der Waals surface area (Å²) >= 11 is 1.39. The molecule has 0 fully saturated rings. The van der Waals surface area contributed by atoms with E-state index in [1.807, 2.05) is 61.1 Å². The minimum atomic E-state index is -0.301. The van der Waals surface area contributed by atoms with Crippen LogP contribution in [0.5, 0.6) is 0 Å². The highest BCUT2D eigenvalue weighted by Crippen LogP contribution is 2.24. The lowest BCUT2D eigenvalue weighted by atomic mass is 10.2. The number of aromatic nitrogens is 4. The quantitative estimate of drug-likeness (QED) is 0.541. The van der Waals surface area contributed by atoms with Crippen LogP contribution in [0.1, 0.15) is 5.56 Å². The summed E-state index contributed by atoms with van der Waals surface area (Å²) in [6.45, 7) is 0.378. The van der Waals surface area contributed by atoms with E-state index in [1.165, 1.54) is 11.3 Å². The Morgan fingerprint density at radius 3 is 2.64 bits per heavy atom. The van der Waals surface area contributed by atoms with Crippen LogP contribution >= 0.6 is 11.3 Å². The first-order chi connectivity index (χ1) is 13.7. The summed E-state index contributed by atoms with van der Waals surface area (Å²) in [5.74, 6) is 0. The highest BCUT2D eigenvalue weighted by atomic mass is 32.1. The molecule has 4 aromatic rings. The summed E-state index contributed by atoms with van der Waals surface area (Å²) in [6.07, 6.45) is 5.43. The maximum atomic E-state index is 12.1. The summed E-state index contributed by atoms with van der Waals surface area (Å²) in [5, 5.41) is 12.2. The molecule has 28 heavy (non-hydrogen) atoms.